The molecule has 1 heterocycles. The molecular weight excluding hydrogens is 719 g/mol. The van der Waals surface area contributed by atoms with E-state index in [0.29, 0.717) is 19.2 Å². The van der Waals surface area contributed by atoms with Gasteiger partial charge in [-0.05, 0) is 0 Å². The molecule has 4 aromatic rings. The number of aryl methyl sites for hydroxylation is 2. The van der Waals surface area contributed by atoms with Crippen molar-refractivity contribution in [1.82, 2.24) is 0 Å². The van der Waals surface area contributed by atoms with Crippen LogP contribution in [0.15, 0.2) is 83.9 Å². The van der Waals surface area contributed by atoms with E-state index in [1.54, 1.807) is 22.3 Å². The predicted octanol–water partition coefficient (Wildman–Crippen LogP) is 13.2. The normalized spacial score (nSPS) is 20.3. The van der Waals surface area contributed by atoms with E-state index in [0.717, 1.165) is 0 Å². The summed E-state index contributed by atoms with van der Waals surface area (Å²) in [6.45, 7) is 19.0. The molecule has 1 aliphatic heterocycles. The van der Waals surface area contributed by atoms with Crippen LogP contribution in [0.2, 0.25) is 9.36 Å². The predicted molar refractivity (Wildman–Crippen MR) is 197 cm³/mol. The van der Waals surface area contributed by atoms with Crippen LogP contribution in [-0.2, 0) is 20.0 Å². The molecule has 4 aromatic carbocycles. The van der Waals surface area contributed by atoms with Gasteiger partial charge in [-0.25, -0.2) is 0 Å². The Bertz CT molecular complexity index is 1790. The number of rotatable bonds is 6. The van der Waals surface area contributed by atoms with E-state index in [1.807, 2.05) is 0 Å². The SMILES string of the molecule is Cc1cccc(-c2cccc3c2C=C2[CH]3[Hf]([CH3])([CH3])[CH]3C(=Cc4c(-c5cccc(C)c5C)cccc43)C2(CC(C)C)CC(C)C)c1C. The van der Waals surface area contributed by atoms with Gasteiger partial charge >= 0.3 is 285 Å². The van der Waals surface area contributed by atoms with Gasteiger partial charge in [0.25, 0.3) is 0 Å². The average molecular weight is 771 g/mol. The van der Waals surface area contributed by atoms with Gasteiger partial charge in [0.1, 0.15) is 0 Å². The van der Waals surface area contributed by atoms with Crippen LogP contribution in [0.25, 0.3) is 34.4 Å². The Labute approximate surface area is 283 Å². The van der Waals surface area contributed by atoms with E-state index in [1.165, 1.54) is 68.5 Å². The van der Waals surface area contributed by atoms with Crippen LogP contribution in [0.1, 0.15) is 92.4 Å². The topological polar surface area (TPSA) is 0 Å². The molecule has 0 amide bonds. The molecule has 0 spiro atoms. The van der Waals surface area contributed by atoms with E-state index < -0.39 is 20.0 Å². The van der Waals surface area contributed by atoms with Crippen LogP contribution in [0.3, 0.4) is 0 Å². The molecule has 1 saturated heterocycles. The van der Waals surface area contributed by atoms with Crippen LogP contribution in [0.4, 0.5) is 0 Å². The quantitative estimate of drug-likeness (QED) is 0.171. The summed E-state index contributed by atoms with van der Waals surface area (Å²) >= 11 is -3.18. The van der Waals surface area contributed by atoms with Gasteiger partial charge in [0.2, 0.25) is 0 Å². The molecule has 0 saturated carbocycles. The zero-order chi connectivity index (χ0) is 32.7. The van der Waals surface area contributed by atoms with E-state index in [2.05, 4.69) is 150 Å². The summed E-state index contributed by atoms with van der Waals surface area (Å²) < 4.78 is 6.81. The Balaban J connectivity index is 1.53. The molecule has 0 bridgehead atoms. The molecule has 3 aliphatic rings. The maximum atomic E-state index is 2.80. The van der Waals surface area contributed by atoms with Crippen molar-refractivity contribution < 1.29 is 20.0 Å². The second-order valence-electron chi connectivity index (χ2n) is 16.3. The Hall–Kier alpha value is -2.77. The fourth-order valence-corrected chi connectivity index (χ4v) is 27.2. The number of allylic oxidation sites excluding steroid dienone is 2. The Morgan fingerprint density at radius 1 is 0.543 bits per heavy atom. The summed E-state index contributed by atoms with van der Waals surface area (Å²) in [5.41, 5.74) is 21.2. The summed E-state index contributed by atoms with van der Waals surface area (Å²) in [7, 11) is 0. The molecule has 2 aliphatic carbocycles. The van der Waals surface area contributed by atoms with Crippen molar-refractivity contribution in [3.05, 3.63) is 128 Å². The van der Waals surface area contributed by atoms with Gasteiger partial charge in [0.15, 0.2) is 0 Å². The number of hydrogen-bond acceptors (Lipinski definition) is 0. The van der Waals surface area contributed by atoms with Crippen molar-refractivity contribution in [1.29, 1.82) is 0 Å². The molecule has 236 valence electrons. The van der Waals surface area contributed by atoms with Crippen molar-refractivity contribution in [3.63, 3.8) is 0 Å². The summed E-state index contributed by atoms with van der Waals surface area (Å²) in [6, 6.07) is 28.3. The molecule has 0 N–H and O–H groups in total. The minimum absolute atomic E-state index is 0.0725. The van der Waals surface area contributed by atoms with Crippen LogP contribution < -0.4 is 0 Å². The number of hydrogen-bond donors (Lipinski definition) is 0. The first-order valence-corrected chi connectivity index (χ1v) is 29.0. The third-order valence-electron chi connectivity index (χ3n) is 12.0. The van der Waals surface area contributed by atoms with E-state index in [-0.39, 0.29) is 5.41 Å². The molecule has 1 fully saturated rings. The molecule has 0 aromatic heterocycles. The molecule has 46 heavy (non-hydrogen) atoms. The van der Waals surface area contributed by atoms with Gasteiger partial charge in [0, 0.05) is 0 Å². The second kappa shape index (κ2) is 11.4. The average Bonchev–Trinajstić information content (AvgIpc) is 3.60. The Morgan fingerprint density at radius 2 is 0.913 bits per heavy atom. The van der Waals surface area contributed by atoms with Crippen molar-refractivity contribution in [2.75, 3.05) is 0 Å². The van der Waals surface area contributed by atoms with Gasteiger partial charge in [-0.2, -0.15) is 0 Å². The molecule has 0 nitrogen and oxygen atoms in total. The maximum absolute atomic E-state index is 3.18. The number of fused-ring (bicyclic) bond motifs is 6. The second-order valence-corrected chi connectivity index (χ2v) is 33.5. The minimum atomic E-state index is -3.18. The third kappa shape index (κ3) is 4.69. The van der Waals surface area contributed by atoms with Crippen LogP contribution in [0.5, 0.6) is 0 Å². The van der Waals surface area contributed by atoms with E-state index >= 15 is 0 Å². The fourth-order valence-electron chi connectivity index (χ4n) is 10.1. The summed E-state index contributed by atoms with van der Waals surface area (Å²) in [5, 5.41) is 0. The summed E-state index contributed by atoms with van der Waals surface area (Å²) in [6.07, 6.45) is 7.93. The molecule has 7 rings (SSSR count). The molecule has 2 unspecified atom stereocenters. The molecule has 0 radical (unpaired) electrons. The zero-order valence-corrected chi connectivity index (χ0v) is 33.4. The van der Waals surface area contributed by atoms with Gasteiger partial charge in [-0.3, -0.25) is 0 Å². The van der Waals surface area contributed by atoms with Crippen molar-refractivity contribution in [2.24, 2.45) is 17.3 Å². The molecule has 2 atom stereocenters. The van der Waals surface area contributed by atoms with E-state index in [4.69, 9.17) is 0 Å². The first-order valence-electron chi connectivity index (χ1n) is 17.7. The monoisotopic (exact) mass is 772 g/mol. The molecule has 1 heteroatoms. The Morgan fingerprint density at radius 3 is 1.30 bits per heavy atom. The van der Waals surface area contributed by atoms with Crippen molar-refractivity contribution >= 4 is 12.2 Å². The first kappa shape index (κ1) is 31.8. The van der Waals surface area contributed by atoms with Crippen molar-refractivity contribution in [3.8, 4) is 22.3 Å². The van der Waals surface area contributed by atoms with Crippen LogP contribution >= 0.6 is 0 Å². The van der Waals surface area contributed by atoms with E-state index in [9.17, 15) is 0 Å². The van der Waals surface area contributed by atoms with Gasteiger partial charge < -0.3 is 0 Å². The van der Waals surface area contributed by atoms with Crippen LogP contribution in [0, 0.1) is 44.9 Å². The summed E-state index contributed by atoms with van der Waals surface area (Å²) in [4.78, 5) is 0. The van der Waals surface area contributed by atoms with Crippen LogP contribution in [-0.4, -0.2) is 0 Å². The van der Waals surface area contributed by atoms with Gasteiger partial charge in [-0.1, -0.05) is 0 Å². The Kier molecular flexibility index (Phi) is 7.91. The summed E-state index contributed by atoms with van der Waals surface area (Å²) in [5.74, 6) is 1.23. The molecular formula is C45H52Hf. The standard InChI is InChI=1S/C43H46.2CH3.Hf/c1-27(2)25-43(26-28(3)4,35-21-33-15-11-19-39(41(33)23-35)37-17-9-13-29(5)31(37)7)36-22-34-16-12-20-40(42(34)24-36)38-18-10-14-30(6)32(38)8;;;/h9-24,27-28H,25-26H2,1-8H3;2*1H3;. The third-order valence-corrected chi connectivity index (χ3v) is 27.2. The van der Waals surface area contributed by atoms with Gasteiger partial charge in [-0.15, -0.1) is 0 Å². The fraction of sp³-hybridized carbons (Fsp3) is 0.378. The zero-order valence-electron chi connectivity index (χ0n) is 29.8. The first-order chi connectivity index (χ1) is 21.9. The number of benzene rings is 4. The van der Waals surface area contributed by atoms with Crippen molar-refractivity contribution in [2.45, 2.75) is 84.9 Å². The van der Waals surface area contributed by atoms with Gasteiger partial charge in [0.05, 0.1) is 0 Å².